The van der Waals surface area contributed by atoms with E-state index in [1.54, 1.807) is 0 Å². The van der Waals surface area contributed by atoms with Gasteiger partial charge >= 0.3 is 0 Å². The van der Waals surface area contributed by atoms with E-state index < -0.39 is 0 Å². The summed E-state index contributed by atoms with van der Waals surface area (Å²) >= 11 is 0. The summed E-state index contributed by atoms with van der Waals surface area (Å²) in [5.41, 5.74) is 1.53. The SMILES string of the molecule is [CH2]CC/C=C(\C)CCCCC[CH2]. The topological polar surface area (TPSA) is 0 Å². The molecule has 70 valence electrons. The number of allylic oxidation sites excluding steroid dienone is 2. The van der Waals surface area contributed by atoms with Gasteiger partial charge in [0.2, 0.25) is 0 Å². The third-order valence-corrected chi connectivity index (χ3v) is 2.02. The normalized spacial score (nSPS) is 12.1. The molecule has 0 aliphatic heterocycles. The summed E-state index contributed by atoms with van der Waals surface area (Å²) in [6.45, 7) is 9.87. The van der Waals surface area contributed by atoms with E-state index in [-0.39, 0.29) is 0 Å². The number of unbranched alkanes of at least 4 members (excludes halogenated alkanes) is 4. The molecule has 0 fully saturated rings. The Kier molecular flexibility index (Phi) is 8.64. The molecule has 0 saturated carbocycles. The minimum absolute atomic E-state index is 1.02. The Balaban J connectivity index is 3.24. The molecule has 0 saturated heterocycles. The fourth-order valence-electron chi connectivity index (χ4n) is 1.21. The summed E-state index contributed by atoms with van der Waals surface area (Å²) in [4.78, 5) is 0. The van der Waals surface area contributed by atoms with Gasteiger partial charge in [-0.05, 0) is 32.6 Å². The van der Waals surface area contributed by atoms with Crippen molar-refractivity contribution in [1.82, 2.24) is 0 Å². The van der Waals surface area contributed by atoms with Gasteiger partial charge in [-0.3, -0.25) is 0 Å². The van der Waals surface area contributed by atoms with Gasteiger partial charge < -0.3 is 0 Å². The van der Waals surface area contributed by atoms with Gasteiger partial charge in [0.15, 0.2) is 0 Å². The van der Waals surface area contributed by atoms with Gasteiger partial charge in [-0.15, -0.1) is 0 Å². The second-order valence-corrected chi connectivity index (χ2v) is 3.36. The Morgan fingerprint density at radius 1 is 1.08 bits per heavy atom. The molecule has 0 aromatic rings. The van der Waals surface area contributed by atoms with Crippen molar-refractivity contribution >= 4 is 0 Å². The average molecular weight is 166 g/mol. The molecular weight excluding hydrogens is 144 g/mol. The first-order chi connectivity index (χ1) is 5.81. The lowest BCUT2D eigenvalue weighted by Gasteiger charge is -2.00. The lowest BCUT2D eigenvalue weighted by molar-refractivity contribution is 0.681. The fourth-order valence-corrected chi connectivity index (χ4v) is 1.21. The summed E-state index contributed by atoms with van der Waals surface area (Å²) in [5.74, 6) is 0. The molecule has 0 heterocycles. The maximum absolute atomic E-state index is 3.83. The Morgan fingerprint density at radius 3 is 2.42 bits per heavy atom. The zero-order valence-electron chi connectivity index (χ0n) is 8.44. The molecule has 2 radical (unpaired) electrons. The summed E-state index contributed by atoms with van der Waals surface area (Å²) in [6.07, 6.45) is 10.8. The average Bonchev–Trinajstić information content (AvgIpc) is 2.09. The van der Waals surface area contributed by atoms with Gasteiger partial charge in [0.1, 0.15) is 0 Å². The van der Waals surface area contributed by atoms with Crippen LogP contribution >= 0.6 is 0 Å². The fraction of sp³-hybridized carbons (Fsp3) is 0.667. The van der Waals surface area contributed by atoms with Gasteiger partial charge in [-0.2, -0.15) is 0 Å². The smallest absolute Gasteiger partial charge is 0.0323 e. The predicted octanol–water partition coefficient (Wildman–Crippen LogP) is 4.33. The highest BCUT2D eigenvalue weighted by Crippen LogP contribution is 2.10. The molecule has 0 aliphatic carbocycles. The van der Waals surface area contributed by atoms with Crippen molar-refractivity contribution in [3.63, 3.8) is 0 Å². The largest absolute Gasteiger partial charge is 0.0856 e. The van der Waals surface area contributed by atoms with Gasteiger partial charge in [0, 0.05) is 0 Å². The van der Waals surface area contributed by atoms with Crippen molar-refractivity contribution in [2.75, 3.05) is 0 Å². The Labute approximate surface area is 78.1 Å². The lowest BCUT2D eigenvalue weighted by atomic mass is 10.1. The Bertz CT molecular complexity index is 111. The van der Waals surface area contributed by atoms with E-state index in [1.165, 1.54) is 31.3 Å². The van der Waals surface area contributed by atoms with Crippen molar-refractivity contribution < 1.29 is 0 Å². The number of hydrogen-bond donors (Lipinski definition) is 0. The molecule has 12 heavy (non-hydrogen) atoms. The van der Waals surface area contributed by atoms with Crippen molar-refractivity contribution in [2.24, 2.45) is 0 Å². The molecule has 0 aromatic heterocycles. The Morgan fingerprint density at radius 2 is 1.83 bits per heavy atom. The molecule has 0 bridgehead atoms. The molecule has 0 spiro atoms. The van der Waals surface area contributed by atoms with Crippen LogP contribution in [-0.4, -0.2) is 0 Å². The molecule has 0 nitrogen and oxygen atoms in total. The summed E-state index contributed by atoms with van der Waals surface area (Å²) < 4.78 is 0. The third kappa shape index (κ3) is 7.84. The molecule has 0 unspecified atom stereocenters. The van der Waals surface area contributed by atoms with Crippen molar-refractivity contribution in [3.05, 3.63) is 25.5 Å². The molecule has 0 atom stereocenters. The Hall–Kier alpha value is -0.260. The first kappa shape index (κ1) is 11.7. The van der Waals surface area contributed by atoms with Crippen molar-refractivity contribution in [3.8, 4) is 0 Å². The third-order valence-electron chi connectivity index (χ3n) is 2.02. The molecule has 0 rings (SSSR count). The molecule has 0 amide bonds. The van der Waals surface area contributed by atoms with E-state index in [4.69, 9.17) is 0 Å². The van der Waals surface area contributed by atoms with Crippen LogP contribution in [0.5, 0.6) is 0 Å². The second-order valence-electron chi connectivity index (χ2n) is 3.36. The van der Waals surface area contributed by atoms with Crippen LogP contribution in [0.15, 0.2) is 11.6 Å². The quantitative estimate of drug-likeness (QED) is 0.390. The van der Waals surface area contributed by atoms with E-state index in [1.807, 2.05) is 0 Å². The van der Waals surface area contributed by atoms with Crippen LogP contribution in [0.4, 0.5) is 0 Å². The van der Waals surface area contributed by atoms with Gasteiger partial charge in [-0.25, -0.2) is 0 Å². The minimum atomic E-state index is 1.02. The van der Waals surface area contributed by atoms with E-state index >= 15 is 0 Å². The summed E-state index contributed by atoms with van der Waals surface area (Å²) in [6, 6.07) is 0. The van der Waals surface area contributed by atoms with Gasteiger partial charge in [0.05, 0.1) is 0 Å². The molecule has 0 aliphatic rings. The second kappa shape index (κ2) is 8.83. The van der Waals surface area contributed by atoms with Crippen LogP contribution in [0.1, 0.15) is 51.9 Å². The molecule has 0 aromatic carbocycles. The van der Waals surface area contributed by atoms with Crippen LogP contribution in [0.2, 0.25) is 0 Å². The summed E-state index contributed by atoms with van der Waals surface area (Å²) in [5, 5.41) is 0. The molecular formula is C12H22. The van der Waals surface area contributed by atoms with Crippen molar-refractivity contribution in [1.29, 1.82) is 0 Å². The summed E-state index contributed by atoms with van der Waals surface area (Å²) in [7, 11) is 0. The standard InChI is InChI=1S/C12H22/c1-4-6-8-9-11-12(3)10-7-5-2/h10H,1-2,4-9,11H2,3H3/b12-10+. The predicted molar refractivity (Wildman–Crippen MR) is 56.8 cm³/mol. The highest BCUT2D eigenvalue weighted by atomic mass is 14.0. The maximum Gasteiger partial charge on any atom is -0.0323 e. The van der Waals surface area contributed by atoms with Crippen molar-refractivity contribution in [2.45, 2.75) is 51.9 Å². The van der Waals surface area contributed by atoms with Gasteiger partial charge in [-0.1, -0.05) is 44.8 Å². The molecule has 0 heteroatoms. The van der Waals surface area contributed by atoms with E-state index in [0.29, 0.717) is 0 Å². The maximum atomic E-state index is 3.83. The van der Waals surface area contributed by atoms with E-state index in [2.05, 4.69) is 26.8 Å². The van der Waals surface area contributed by atoms with Crippen LogP contribution in [0, 0.1) is 13.8 Å². The zero-order chi connectivity index (χ0) is 9.23. The van der Waals surface area contributed by atoms with Crippen LogP contribution in [-0.2, 0) is 0 Å². The number of hydrogen-bond acceptors (Lipinski definition) is 0. The van der Waals surface area contributed by atoms with Crippen LogP contribution < -0.4 is 0 Å². The van der Waals surface area contributed by atoms with Crippen LogP contribution in [0.3, 0.4) is 0 Å². The highest BCUT2D eigenvalue weighted by Gasteiger charge is 1.90. The number of rotatable bonds is 7. The molecule has 0 N–H and O–H groups in total. The monoisotopic (exact) mass is 166 g/mol. The lowest BCUT2D eigenvalue weighted by Crippen LogP contribution is -1.80. The zero-order valence-corrected chi connectivity index (χ0v) is 8.44. The van der Waals surface area contributed by atoms with Gasteiger partial charge in [0.25, 0.3) is 0 Å². The highest BCUT2D eigenvalue weighted by molar-refractivity contribution is 4.97. The minimum Gasteiger partial charge on any atom is -0.0856 e. The first-order valence-corrected chi connectivity index (χ1v) is 5.05. The first-order valence-electron chi connectivity index (χ1n) is 5.05. The van der Waals surface area contributed by atoms with E-state index in [9.17, 15) is 0 Å². The van der Waals surface area contributed by atoms with E-state index in [0.717, 1.165) is 19.3 Å². The van der Waals surface area contributed by atoms with Crippen LogP contribution in [0.25, 0.3) is 0 Å².